The van der Waals surface area contributed by atoms with Gasteiger partial charge in [-0.2, -0.15) is 0 Å². The summed E-state index contributed by atoms with van der Waals surface area (Å²) in [5, 5.41) is 2.86. The van der Waals surface area contributed by atoms with Gasteiger partial charge in [-0.15, -0.1) is 11.3 Å². The van der Waals surface area contributed by atoms with E-state index in [0.717, 1.165) is 19.5 Å². The van der Waals surface area contributed by atoms with Crippen LogP contribution in [0.2, 0.25) is 0 Å². The molecule has 0 unspecified atom stereocenters. The molecule has 2 rings (SSSR count). The maximum Gasteiger partial charge on any atom is 0.265 e. The van der Waals surface area contributed by atoms with E-state index >= 15 is 0 Å². The van der Waals surface area contributed by atoms with Crippen molar-refractivity contribution in [3.63, 3.8) is 0 Å². The van der Waals surface area contributed by atoms with Crippen molar-refractivity contribution in [3.05, 3.63) is 43.0 Å². The molecule has 0 saturated heterocycles. The largest absolute Gasteiger partial charge is 0.399 e. The Kier molecular flexibility index (Phi) is 4.09. The van der Waals surface area contributed by atoms with Gasteiger partial charge in [-0.1, -0.05) is 6.07 Å². The van der Waals surface area contributed by atoms with Crippen molar-refractivity contribution < 1.29 is 4.79 Å². The average Bonchev–Trinajstić information content (AvgIpc) is 2.64. The summed E-state index contributed by atoms with van der Waals surface area (Å²) in [7, 11) is 0. The van der Waals surface area contributed by atoms with Gasteiger partial charge in [-0.25, -0.2) is 0 Å². The molecule has 6 heteroatoms. The zero-order chi connectivity index (χ0) is 13.3. The number of hydrogen-bond acceptors (Lipinski definition) is 3. The van der Waals surface area contributed by atoms with E-state index in [9.17, 15) is 4.79 Å². The van der Waals surface area contributed by atoms with Gasteiger partial charge in [-0.05, 0) is 62.5 Å². The molecular weight excluding hydrogens is 380 g/mol. The highest BCUT2D eigenvalue weighted by atomic mass is 79.9. The molecule has 3 nitrogen and oxygen atoms in total. The number of nitrogens with one attached hydrogen (secondary N) is 1. The van der Waals surface area contributed by atoms with Gasteiger partial charge in [0.25, 0.3) is 5.91 Å². The first-order valence-corrected chi connectivity index (χ1v) is 7.50. The normalized spacial score (nSPS) is 10.4. The lowest BCUT2D eigenvalue weighted by molar-refractivity contribution is 0.103. The van der Waals surface area contributed by atoms with E-state index in [0.29, 0.717) is 10.6 Å². The molecule has 94 valence electrons. The summed E-state index contributed by atoms with van der Waals surface area (Å²) in [6.07, 6.45) is 0. The Balaban J connectivity index is 2.23. The fourth-order valence-corrected chi connectivity index (χ4v) is 3.35. The SMILES string of the molecule is Cc1ccc(N)cc1NC(=O)c1cc(Br)c(Br)s1. The quantitative estimate of drug-likeness (QED) is 0.747. The molecule has 0 aliphatic carbocycles. The maximum atomic E-state index is 12.1. The number of halogens is 2. The molecule has 0 spiro atoms. The third kappa shape index (κ3) is 2.93. The molecule has 0 saturated carbocycles. The summed E-state index contributed by atoms with van der Waals surface area (Å²) < 4.78 is 1.78. The van der Waals surface area contributed by atoms with Crippen LogP contribution in [-0.4, -0.2) is 5.91 Å². The van der Waals surface area contributed by atoms with Crippen LogP contribution in [0.1, 0.15) is 15.2 Å². The number of anilines is 2. The van der Waals surface area contributed by atoms with Crippen LogP contribution < -0.4 is 11.1 Å². The molecule has 0 atom stereocenters. The Morgan fingerprint density at radius 2 is 2.06 bits per heavy atom. The highest BCUT2D eigenvalue weighted by Crippen LogP contribution is 2.33. The Hall–Kier alpha value is -0.850. The molecule has 1 heterocycles. The van der Waals surface area contributed by atoms with Gasteiger partial charge < -0.3 is 11.1 Å². The number of benzene rings is 1. The number of aryl methyl sites for hydroxylation is 1. The topological polar surface area (TPSA) is 55.1 Å². The smallest absolute Gasteiger partial charge is 0.265 e. The zero-order valence-corrected chi connectivity index (χ0v) is 13.4. The minimum absolute atomic E-state index is 0.139. The summed E-state index contributed by atoms with van der Waals surface area (Å²) in [4.78, 5) is 12.7. The van der Waals surface area contributed by atoms with Gasteiger partial charge >= 0.3 is 0 Å². The van der Waals surface area contributed by atoms with E-state index in [2.05, 4.69) is 37.2 Å². The number of nitrogen functional groups attached to an aromatic ring is 1. The molecular formula is C12H10Br2N2OS. The van der Waals surface area contributed by atoms with Gasteiger partial charge in [0.05, 0.1) is 8.66 Å². The monoisotopic (exact) mass is 388 g/mol. The van der Waals surface area contributed by atoms with E-state index < -0.39 is 0 Å². The first-order chi connectivity index (χ1) is 8.47. The van der Waals surface area contributed by atoms with Crippen molar-refractivity contribution in [2.24, 2.45) is 0 Å². The summed E-state index contributed by atoms with van der Waals surface area (Å²) in [5.41, 5.74) is 8.05. The van der Waals surface area contributed by atoms with Crippen molar-refractivity contribution in [1.29, 1.82) is 0 Å². The molecule has 18 heavy (non-hydrogen) atoms. The standard InChI is InChI=1S/C12H10Br2N2OS/c1-6-2-3-7(15)4-9(6)16-12(17)10-5-8(13)11(14)18-10/h2-5H,15H2,1H3,(H,16,17). The number of thiophene rings is 1. The summed E-state index contributed by atoms with van der Waals surface area (Å²) in [6.45, 7) is 1.93. The van der Waals surface area contributed by atoms with Crippen molar-refractivity contribution in [2.45, 2.75) is 6.92 Å². The molecule has 0 fully saturated rings. The zero-order valence-electron chi connectivity index (χ0n) is 9.46. The molecule has 0 aliphatic heterocycles. The van der Waals surface area contributed by atoms with E-state index in [4.69, 9.17) is 5.73 Å². The number of carbonyl (C=O) groups is 1. The Morgan fingerprint density at radius 1 is 1.33 bits per heavy atom. The lowest BCUT2D eigenvalue weighted by atomic mass is 10.2. The number of hydrogen-bond donors (Lipinski definition) is 2. The molecule has 3 N–H and O–H groups in total. The van der Waals surface area contributed by atoms with Crippen LogP contribution in [0, 0.1) is 6.92 Å². The molecule has 0 aliphatic rings. The van der Waals surface area contributed by atoms with Crippen molar-refractivity contribution in [3.8, 4) is 0 Å². The number of rotatable bonds is 2. The van der Waals surface area contributed by atoms with Crippen molar-refractivity contribution >= 4 is 60.5 Å². The predicted octanol–water partition coefficient (Wildman–Crippen LogP) is 4.42. The van der Waals surface area contributed by atoms with Crippen molar-refractivity contribution in [2.75, 3.05) is 11.1 Å². The first kappa shape index (κ1) is 13.6. The van der Waals surface area contributed by atoms with E-state index in [1.807, 2.05) is 19.1 Å². The minimum atomic E-state index is -0.139. The van der Waals surface area contributed by atoms with Crippen LogP contribution in [0.5, 0.6) is 0 Å². The fraction of sp³-hybridized carbons (Fsp3) is 0.0833. The maximum absolute atomic E-state index is 12.1. The number of nitrogens with two attached hydrogens (primary N) is 1. The number of carbonyl (C=O) groups excluding carboxylic acids is 1. The second-order valence-electron chi connectivity index (χ2n) is 3.76. The van der Waals surface area contributed by atoms with Crippen LogP contribution in [0.25, 0.3) is 0 Å². The van der Waals surface area contributed by atoms with E-state index in [-0.39, 0.29) is 5.91 Å². The summed E-state index contributed by atoms with van der Waals surface area (Å²) in [5.74, 6) is -0.139. The Labute approximate surface area is 126 Å². The fourth-order valence-electron chi connectivity index (χ4n) is 1.42. The third-order valence-corrected chi connectivity index (χ3v) is 5.63. The first-order valence-electron chi connectivity index (χ1n) is 5.09. The van der Waals surface area contributed by atoms with Crippen LogP contribution in [0.4, 0.5) is 11.4 Å². The van der Waals surface area contributed by atoms with Gasteiger partial charge in [0.1, 0.15) is 0 Å². The highest BCUT2D eigenvalue weighted by molar-refractivity contribution is 9.13. The van der Waals surface area contributed by atoms with Gasteiger partial charge in [0, 0.05) is 15.8 Å². The predicted molar refractivity (Wildman–Crippen MR) is 83.3 cm³/mol. The second kappa shape index (κ2) is 5.42. The van der Waals surface area contributed by atoms with E-state index in [1.165, 1.54) is 11.3 Å². The lowest BCUT2D eigenvalue weighted by Gasteiger charge is -2.08. The van der Waals surface area contributed by atoms with Gasteiger partial charge in [0.2, 0.25) is 0 Å². The van der Waals surface area contributed by atoms with Crippen LogP contribution in [0.15, 0.2) is 32.5 Å². The Bertz CT molecular complexity index is 591. The lowest BCUT2D eigenvalue weighted by Crippen LogP contribution is -2.11. The molecule has 0 bridgehead atoms. The van der Waals surface area contributed by atoms with Crippen molar-refractivity contribution in [1.82, 2.24) is 0 Å². The minimum Gasteiger partial charge on any atom is -0.399 e. The van der Waals surface area contributed by atoms with Gasteiger partial charge in [0.15, 0.2) is 0 Å². The van der Waals surface area contributed by atoms with Crippen LogP contribution >= 0.6 is 43.2 Å². The number of amides is 1. The molecule has 2 aromatic rings. The highest BCUT2D eigenvalue weighted by Gasteiger charge is 2.13. The summed E-state index contributed by atoms with van der Waals surface area (Å²) in [6, 6.07) is 7.23. The Morgan fingerprint density at radius 3 is 2.67 bits per heavy atom. The van der Waals surface area contributed by atoms with E-state index in [1.54, 1.807) is 12.1 Å². The molecule has 1 aromatic carbocycles. The van der Waals surface area contributed by atoms with Crippen LogP contribution in [-0.2, 0) is 0 Å². The third-order valence-electron chi connectivity index (χ3n) is 2.38. The second-order valence-corrected chi connectivity index (χ2v) is 6.99. The van der Waals surface area contributed by atoms with Gasteiger partial charge in [-0.3, -0.25) is 4.79 Å². The molecule has 1 aromatic heterocycles. The van der Waals surface area contributed by atoms with Crippen LogP contribution in [0.3, 0.4) is 0 Å². The summed E-state index contributed by atoms with van der Waals surface area (Å²) >= 11 is 8.11. The molecule has 0 radical (unpaired) electrons. The average molecular weight is 390 g/mol. The molecule has 1 amide bonds.